The van der Waals surface area contributed by atoms with E-state index in [9.17, 15) is 19.8 Å². The highest BCUT2D eigenvalue weighted by atomic mass is 32.2. The average molecular weight is 316 g/mol. The molecule has 1 saturated heterocycles. The van der Waals surface area contributed by atoms with Crippen LogP contribution in [0.4, 0.5) is 0 Å². The van der Waals surface area contributed by atoms with Gasteiger partial charge in [0.2, 0.25) is 5.91 Å². The van der Waals surface area contributed by atoms with E-state index in [1.807, 2.05) is 0 Å². The number of β-lactam (4-membered cyclic amide) rings is 1. The van der Waals surface area contributed by atoms with Gasteiger partial charge in [-0.05, 0) is 25.3 Å². The largest absolute Gasteiger partial charge is 0.477 e. The fourth-order valence-electron chi connectivity index (χ4n) is 2.93. The first-order valence-corrected chi connectivity index (χ1v) is 7.89. The van der Waals surface area contributed by atoms with E-state index >= 15 is 0 Å². The van der Waals surface area contributed by atoms with Gasteiger partial charge in [-0.15, -0.1) is 0 Å². The summed E-state index contributed by atoms with van der Waals surface area (Å²) in [7, 11) is 0. The monoisotopic (exact) mass is 316 g/mol. The van der Waals surface area contributed by atoms with E-state index in [1.165, 1.54) is 16.8 Å². The third-order valence-corrected chi connectivity index (χ3v) is 4.37. The second-order valence-corrected chi connectivity index (χ2v) is 6.02. The summed E-state index contributed by atoms with van der Waals surface area (Å²) >= 11 is 1.24. The number of aliphatic carboxylic acids is 1. The molecular weight excluding hydrogens is 296 g/mol. The molecule has 1 amide bonds. The van der Waals surface area contributed by atoms with E-state index in [0.717, 1.165) is 12.2 Å². The average Bonchev–Trinajstić information content (AvgIpc) is 2.72. The number of hydrogen-bond acceptors (Lipinski definition) is 6. The number of fused-ring (bicyclic) bond motifs is 1. The molecule has 2 aliphatic heterocycles. The van der Waals surface area contributed by atoms with E-state index in [-0.39, 0.29) is 24.3 Å². The second kappa shape index (κ2) is 6.78. The molecule has 0 aromatic heterocycles. The molecule has 2 rings (SSSR count). The van der Waals surface area contributed by atoms with Crippen LogP contribution < -0.4 is 5.14 Å². The Labute approximate surface area is 127 Å². The minimum absolute atomic E-state index is 0.0232. The predicted molar refractivity (Wildman–Crippen MR) is 77.2 cm³/mol. The Morgan fingerprint density at radius 3 is 2.90 bits per heavy atom. The van der Waals surface area contributed by atoms with Gasteiger partial charge in [-0.25, -0.2) is 4.79 Å². The lowest BCUT2D eigenvalue weighted by atomic mass is 9.83. The molecule has 1 fully saturated rings. The highest BCUT2D eigenvalue weighted by Crippen LogP contribution is 2.43. The molecule has 0 radical (unpaired) electrons. The smallest absolute Gasteiger partial charge is 0.352 e. The normalized spacial score (nSPS) is 25.9. The number of aliphatic hydroxyl groups excluding tert-OH is 1. The molecule has 2 heterocycles. The molecule has 0 aliphatic carbocycles. The van der Waals surface area contributed by atoms with Gasteiger partial charge in [0, 0.05) is 12.4 Å². The summed E-state index contributed by atoms with van der Waals surface area (Å²) in [5, 5.41) is 24.2. The van der Waals surface area contributed by atoms with Gasteiger partial charge >= 0.3 is 5.97 Å². The van der Waals surface area contributed by atoms with Gasteiger partial charge in [-0.2, -0.15) is 0 Å². The molecule has 2 aliphatic rings. The maximum Gasteiger partial charge on any atom is 0.352 e. The van der Waals surface area contributed by atoms with E-state index < -0.39 is 18.0 Å². The third-order valence-electron chi connectivity index (χ3n) is 3.85. The summed E-state index contributed by atoms with van der Waals surface area (Å²) in [5.41, 5.74) is 0.638. The molecule has 0 spiro atoms. The fourth-order valence-corrected chi connectivity index (χ4v) is 3.21. The van der Waals surface area contributed by atoms with Crippen molar-refractivity contribution in [2.45, 2.75) is 31.9 Å². The van der Waals surface area contributed by atoms with Crippen molar-refractivity contribution in [3.8, 4) is 0 Å². The Bertz CT molecular complexity index is 465. The van der Waals surface area contributed by atoms with Gasteiger partial charge in [-0.3, -0.25) is 9.93 Å². The zero-order chi connectivity index (χ0) is 15.6. The van der Waals surface area contributed by atoms with E-state index in [1.54, 1.807) is 6.92 Å². The lowest BCUT2D eigenvalue weighted by Crippen LogP contribution is -2.61. The van der Waals surface area contributed by atoms with Crippen LogP contribution in [0.1, 0.15) is 19.8 Å². The number of carbonyl (C=O) groups excluding carboxylic acids is 1. The Kier molecular flexibility index (Phi) is 5.26. The van der Waals surface area contributed by atoms with Crippen LogP contribution in [0, 0.1) is 5.92 Å². The first-order chi connectivity index (χ1) is 9.99. The van der Waals surface area contributed by atoms with Crippen LogP contribution in [0.3, 0.4) is 0 Å². The minimum Gasteiger partial charge on any atom is -0.477 e. The zero-order valence-electron chi connectivity index (χ0n) is 11.8. The summed E-state index contributed by atoms with van der Waals surface area (Å²) in [6.45, 7) is 2.25. The molecule has 0 aromatic carbocycles. The van der Waals surface area contributed by atoms with Crippen molar-refractivity contribution in [1.29, 1.82) is 0 Å². The maximum atomic E-state index is 12.0. The predicted octanol–water partition coefficient (Wildman–Crippen LogP) is -0.0498. The van der Waals surface area contributed by atoms with Gasteiger partial charge in [0.15, 0.2) is 0 Å². The molecular formula is C13H20N2O5S. The van der Waals surface area contributed by atoms with Gasteiger partial charge in [0.05, 0.1) is 24.7 Å². The van der Waals surface area contributed by atoms with Gasteiger partial charge in [0.25, 0.3) is 0 Å². The van der Waals surface area contributed by atoms with Crippen LogP contribution in [0.2, 0.25) is 0 Å². The molecule has 118 valence electrons. The second-order valence-electron chi connectivity index (χ2n) is 5.28. The molecule has 3 unspecified atom stereocenters. The van der Waals surface area contributed by atoms with Crippen LogP contribution in [0.5, 0.6) is 0 Å². The van der Waals surface area contributed by atoms with Crippen molar-refractivity contribution in [1.82, 2.24) is 4.90 Å². The number of hydrogen-bond donors (Lipinski definition) is 3. The Hall–Kier alpha value is -1.09. The van der Waals surface area contributed by atoms with Crippen molar-refractivity contribution in [3.05, 3.63) is 11.3 Å². The molecule has 7 nitrogen and oxygen atoms in total. The van der Waals surface area contributed by atoms with Crippen LogP contribution >= 0.6 is 11.9 Å². The molecule has 21 heavy (non-hydrogen) atoms. The van der Waals surface area contributed by atoms with Crippen molar-refractivity contribution >= 4 is 23.8 Å². The third kappa shape index (κ3) is 3.08. The Morgan fingerprint density at radius 2 is 2.33 bits per heavy atom. The quantitative estimate of drug-likeness (QED) is 0.327. The summed E-state index contributed by atoms with van der Waals surface area (Å²) in [6, 6.07) is -0.248. The number of aliphatic hydroxyl groups is 1. The minimum atomic E-state index is -1.12. The number of carboxylic acid groups (broad SMARTS) is 1. The summed E-state index contributed by atoms with van der Waals surface area (Å²) in [4.78, 5) is 24.6. The number of nitrogens with two attached hydrogens (primary N) is 1. The van der Waals surface area contributed by atoms with E-state index in [2.05, 4.69) is 0 Å². The van der Waals surface area contributed by atoms with Crippen LogP contribution in [0.15, 0.2) is 11.3 Å². The number of amides is 1. The van der Waals surface area contributed by atoms with Crippen LogP contribution in [0.25, 0.3) is 0 Å². The number of carbonyl (C=O) groups is 2. The van der Waals surface area contributed by atoms with E-state index in [4.69, 9.17) is 9.88 Å². The van der Waals surface area contributed by atoms with Gasteiger partial charge in [0.1, 0.15) is 5.70 Å². The Balaban J connectivity index is 2.00. The molecule has 8 heteroatoms. The van der Waals surface area contributed by atoms with Crippen LogP contribution in [-0.2, 0) is 14.3 Å². The number of carboxylic acids is 1. The highest BCUT2D eigenvalue weighted by Gasteiger charge is 2.56. The SMILES string of the molecule is CC(O)C1C(=O)N2C(C(=O)O)=C(COCCCSN)CC12. The lowest BCUT2D eigenvalue weighted by Gasteiger charge is -2.44. The number of nitrogens with zero attached hydrogens (tertiary/aromatic N) is 1. The molecule has 0 saturated carbocycles. The maximum absolute atomic E-state index is 12.0. The molecule has 4 N–H and O–H groups in total. The first-order valence-electron chi connectivity index (χ1n) is 6.85. The zero-order valence-corrected chi connectivity index (χ0v) is 12.6. The fraction of sp³-hybridized carbons (Fsp3) is 0.692. The summed E-state index contributed by atoms with van der Waals surface area (Å²) in [6.07, 6.45) is 0.476. The van der Waals surface area contributed by atoms with Crippen molar-refractivity contribution in [2.24, 2.45) is 11.1 Å². The number of ether oxygens (including phenoxy) is 1. The van der Waals surface area contributed by atoms with Crippen molar-refractivity contribution in [3.63, 3.8) is 0 Å². The van der Waals surface area contributed by atoms with Gasteiger partial charge in [-0.1, -0.05) is 11.9 Å². The summed E-state index contributed by atoms with van der Waals surface area (Å²) < 4.78 is 5.46. The lowest BCUT2D eigenvalue weighted by molar-refractivity contribution is -0.161. The first kappa shape index (κ1) is 16.3. The number of rotatable bonds is 8. The summed E-state index contributed by atoms with van der Waals surface area (Å²) in [5.74, 6) is -1.17. The molecule has 0 aromatic rings. The standard InChI is InChI=1S/C13H20N2O5S/c1-7(16)10-9-5-8(6-20-3-2-4-21-14)11(13(18)19)15(9)12(10)17/h7,9-10,16H,2-6,14H2,1H3,(H,18,19). The highest BCUT2D eigenvalue weighted by molar-refractivity contribution is 7.97. The van der Waals surface area contributed by atoms with Crippen LogP contribution in [-0.4, -0.2) is 58.1 Å². The topological polar surface area (TPSA) is 113 Å². The van der Waals surface area contributed by atoms with Crippen molar-refractivity contribution < 1.29 is 24.5 Å². The molecule has 0 bridgehead atoms. The molecule has 3 atom stereocenters. The Morgan fingerprint density at radius 1 is 1.62 bits per heavy atom. The van der Waals surface area contributed by atoms with Crippen molar-refractivity contribution in [2.75, 3.05) is 19.0 Å². The van der Waals surface area contributed by atoms with Gasteiger partial charge < -0.3 is 19.8 Å². The van der Waals surface area contributed by atoms with E-state index in [0.29, 0.717) is 18.6 Å².